The molecule has 0 atom stereocenters. The van der Waals surface area contributed by atoms with Crippen LogP contribution in [0.25, 0.3) is 22.5 Å². The van der Waals surface area contributed by atoms with Crippen LogP contribution in [0.3, 0.4) is 0 Å². The van der Waals surface area contributed by atoms with Gasteiger partial charge >= 0.3 is 0 Å². The van der Waals surface area contributed by atoms with Gasteiger partial charge in [0.2, 0.25) is 0 Å². The highest BCUT2D eigenvalue weighted by molar-refractivity contribution is 5.69. The van der Waals surface area contributed by atoms with Crippen LogP contribution in [0, 0.1) is 0 Å². The number of rotatable bonds is 5. The van der Waals surface area contributed by atoms with Crippen LogP contribution in [0.2, 0.25) is 0 Å². The van der Waals surface area contributed by atoms with E-state index in [4.69, 9.17) is 5.11 Å². The molecule has 0 amide bonds. The van der Waals surface area contributed by atoms with Crippen molar-refractivity contribution in [3.63, 3.8) is 0 Å². The van der Waals surface area contributed by atoms with E-state index in [0.29, 0.717) is 6.54 Å². The second-order valence-electron chi connectivity index (χ2n) is 4.97. The van der Waals surface area contributed by atoms with Gasteiger partial charge in [-0.1, -0.05) is 18.2 Å². The highest BCUT2D eigenvalue weighted by Crippen LogP contribution is 2.24. The number of benzene rings is 1. The third kappa shape index (κ3) is 2.96. The van der Waals surface area contributed by atoms with Gasteiger partial charge in [0.05, 0.1) is 18.0 Å². The number of nitrogens with one attached hydrogen (secondary N) is 1. The number of anilines is 1. The van der Waals surface area contributed by atoms with E-state index in [9.17, 15) is 0 Å². The van der Waals surface area contributed by atoms with Crippen LogP contribution in [0.5, 0.6) is 0 Å². The van der Waals surface area contributed by atoms with Crippen molar-refractivity contribution < 1.29 is 5.11 Å². The van der Waals surface area contributed by atoms with E-state index in [1.807, 2.05) is 48.3 Å². The summed E-state index contributed by atoms with van der Waals surface area (Å²) in [7, 11) is 1.87. The molecule has 112 valence electrons. The summed E-state index contributed by atoms with van der Waals surface area (Å²) in [6.07, 6.45) is 1.73. The SMILES string of the molecule is CN(CCO)c1ccc(-c2cccc(-c3ccn[nH]3)c2)nn1. The minimum Gasteiger partial charge on any atom is -0.395 e. The van der Waals surface area contributed by atoms with Crippen molar-refractivity contribution in [1.82, 2.24) is 20.4 Å². The smallest absolute Gasteiger partial charge is 0.151 e. The maximum Gasteiger partial charge on any atom is 0.151 e. The van der Waals surface area contributed by atoms with Crippen molar-refractivity contribution >= 4 is 5.82 Å². The standard InChI is InChI=1S/C16H17N5O/c1-21(9-10-22)16-6-5-14(19-20-16)12-3-2-4-13(11-12)15-7-8-17-18-15/h2-8,11,22H,9-10H2,1H3,(H,17,18). The van der Waals surface area contributed by atoms with Gasteiger partial charge in [0.15, 0.2) is 5.82 Å². The minimum atomic E-state index is 0.0894. The Morgan fingerprint density at radius 1 is 1.09 bits per heavy atom. The normalized spacial score (nSPS) is 10.6. The number of aromatic amines is 1. The predicted octanol–water partition coefficient (Wildman–Crippen LogP) is 1.96. The van der Waals surface area contributed by atoms with Gasteiger partial charge in [-0.25, -0.2) is 0 Å². The van der Waals surface area contributed by atoms with Crippen LogP contribution in [0.4, 0.5) is 5.82 Å². The van der Waals surface area contributed by atoms with Gasteiger partial charge in [0.25, 0.3) is 0 Å². The minimum absolute atomic E-state index is 0.0894. The zero-order chi connectivity index (χ0) is 15.4. The van der Waals surface area contributed by atoms with Crippen LogP contribution in [-0.2, 0) is 0 Å². The van der Waals surface area contributed by atoms with Gasteiger partial charge in [-0.3, -0.25) is 5.10 Å². The first-order chi connectivity index (χ1) is 10.8. The van der Waals surface area contributed by atoms with E-state index in [0.717, 1.165) is 28.3 Å². The number of aliphatic hydroxyl groups excluding tert-OH is 1. The van der Waals surface area contributed by atoms with Crippen LogP contribution < -0.4 is 4.90 Å². The third-order valence-electron chi connectivity index (χ3n) is 3.45. The molecule has 0 radical (unpaired) electrons. The molecule has 6 nitrogen and oxygen atoms in total. The van der Waals surface area contributed by atoms with E-state index < -0.39 is 0 Å². The number of aliphatic hydroxyl groups is 1. The summed E-state index contributed by atoms with van der Waals surface area (Å²) in [5.41, 5.74) is 3.82. The van der Waals surface area contributed by atoms with E-state index in [2.05, 4.69) is 26.5 Å². The monoisotopic (exact) mass is 295 g/mol. The Balaban J connectivity index is 1.87. The maximum atomic E-state index is 8.95. The Morgan fingerprint density at radius 2 is 1.95 bits per heavy atom. The van der Waals surface area contributed by atoms with E-state index >= 15 is 0 Å². The fourth-order valence-corrected chi connectivity index (χ4v) is 2.21. The van der Waals surface area contributed by atoms with Crippen LogP contribution in [-0.4, -0.2) is 45.7 Å². The zero-order valence-corrected chi connectivity index (χ0v) is 12.3. The number of nitrogens with zero attached hydrogens (tertiary/aromatic N) is 4. The molecule has 0 aliphatic rings. The molecule has 0 aliphatic carbocycles. The van der Waals surface area contributed by atoms with Gasteiger partial charge in [-0.2, -0.15) is 5.10 Å². The van der Waals surface area contributed by atoms with E-state index in [1.54, 1.807) is 6.20 Å². The quantitative estimate of drug-likeness (QED) is 0.752. The Labute approximate surface area is 128 Å². The molecule has 2 heterocycles. The molecule has 0 bridgehead atoms. The van der Waals surface area contributed by atoms with Gasteiger partial charge in [-0.05, 0) is 24.3 Å². The predicted molar refractivity (Wildman–Crippen MR) is 85.4 cm³/mol. The molecule has 3 rings (SSSR count). The first-order valence-electron chi connectivity index (χ1n) is 7.04. The van der Waals surface area contributed by atoms with Crippen molar-refractivity contribution in [3.8, 4) is 22.5 Å². The van der Waals surface area contributed by atoms with Gasteiger partial charge < -0.3 is 10.0 Å². The van der Waals surface area contributed by atoms with Crippen molar-refractivity contribution in [2.75, 3.05) is 25.1 Å². The van der Waals surface area contributed by atoms with Crippen LogP contribution in [0.1, 0.15) is 0 Å². The Morgan fingerprint density at radius 3 is 2.64 bits per heavy atom. The van der Waals surface area contributed by atoms with Gasteiger partial charge in [0.1, 0.15) is 0 Å². The second-order valence-corrected chi connectivity index (χ2v) is 4.97. The summed E-state index contributed by atoms with van der Waals surface area (Å²) in [4.78, 5) is 1.86. The molecule has 2 aromatic heterocycles. The number of hydrogen-bond acceptors (Lipinski definition) is 5. The van der Waals surface area contributed by atoms with Crippen molar-refractivity contribution in [2.45, 2.75) is 0 Å². The molecule has 0 saturated heterocycles. The molecule has 0 unspecified atom stereocenters. The zero-order valence-electron chi connectivity index (χ0n) is 12.3. The average Bonchev–Trinajstić information content (AvgIpc) is 3.10. The number of likely N-dealkylation sites (N-methyl/N-ethyl adjacent to an activating group) is 1. The Kier molecular flexibility index (Phi) is 4.11. The lowest BCUT2D eigenvalue weighted by Gasteiger charge is -2.15. The molecule has 2 N–H and O–H groups in total. The molecule has 3 aromatic rings. The molecular weight excluding hydrogens is 278 g/mol. The highest BCUT2D eigenvalue weighted by atomic mass is 16.3. The second kappa shape index (κ2) is 6.36. The first-order valence-corrected chi connectivity index (χ1v) is 7.04. The summed E-state index contributed by atoms with van der Waals surface area (Å²) in [5.74, 6) is 0.738. The fourth-order valence-electron chi connectivity index (χ4n) is 2.21. The lowest BCUT2D eigenvalue weighted by Crippen LogP contribution is -2.22. The molecule has 1 aromatic carbocycles. The summed E-state index contributed by atoms with van der Waals surface area (Å²) < 4.78 is 0. The maximum absolute atomic E-state index is 8.95. The largest absolute Gasteiger partial charge is 0.395 e. The molecular formula is C16H17N5O. The molecule has 0 fully saturated rings. The third-order valence-corrected chi connectivity index (χ3v) is 3.45. The van der Waals surface area contributed by atoms with Crippen molar-refractivity contribution in [3.05, 3.63) is 48.7 Å². The summed E-state index contributed by atoms with van der Waals surface area (Å²) in [6.45, 7) is 0.621. The van der Waals surface area contributed by atoms with Gasteiger partial charge in [0, 0.05) is 30.9 Å². The fraction of sp³-hybridized carbons (Fsp3) is 0.188. The van der Waals surface area contributed by atoms with Crippen molar-refractivity contribution in [1.29, 1.82) is 0 Å². The van der Waals surface area contributed by atoms with Crippen LogP contribution in [0.15, 0.2) is 48.7 Å². The number of hydrogen-bond donors (Lipinski definition) is 2. The lowest BCUT2D eigenvalue weighted by atomic mass is 10.1. The highest BCUT2D eigenvalue weighted by Gasteiger charge is 2.06. The molecule has 0 aliphatic heterocycles. The summed E-state index contributed by atoms with van der Waals surface area (Å²) in [6, 6.07) is 13.8. The van der Waals surface area contributed by atoms with Crippen LogP contribution >= 0.6 is 0 Å². The Bertz CT molecular complexity index is 725. The summed E-state index contributed by atoms with van der Waals surface area (Å²) >= 11 is 0. The van der Waals surface area contributed by atoms with Crippen molar-refractivity contribution in [2.24, 2.45) is 0 Å². The van der Waals surface area contributed by atoms with E-state index in [1.165, 1.54) is 0 Å². The average molecular weight is 295 g/mol. The topological polar surface area (TPSA) is 77.9 Å². The molecule has 0 saturated carbocycles. The molecule has 22 heavy (non-hydrogen) atoms. The number of aromatic nitrogens is 4. The lowest BCUT2D eigenvalue weighted by molar-refractivity contribution is 0.303. The summed E-state index contributed by atoms with van der Waals surface area (Å²) in [5, 5.41) is 24.4. The number of H-pyrrole nitrogens is 1. The van der Waals surface area contributed by atoms with Gasteiger partial charge in [-0.15, -0.1) is 10.2 Å². The Hall–Kier alpha value is -2.73. The molecule has 0 spiro atoms. The molecule has 6 heteroatoms. The van der Waals surface area contributed by atoms with E-state index in [-0.39, 0.29) is 6.61 Å². The first kappa shape index (κ1) is 14.2.